The summed E-state index contributed by atoms with van der Waals surface area (Å²) in [6.45, 7) is 6.16. The van der Waals surface area contributed by atoms with E-state index < -0.39 is 0 Å². The predicted octanol–water partition coefficient (Wildman–Crippen LogP) is 2.68. The van der Waals surface area contributed by atoms with Gasteiger partial charge >= 0.3 is 0 Å². The third-order valence-electron chi connectivity index (χ3n) is 2.39. The number of aromatic amines is 1. The van der Waals surface area contributed by atoms with E-state index in [2.05, 4.69) is 24.0 Å². The molecule has 0 bridgehead atoms. The average Bonchev–Trinajstić information content (AvgIpc) is 2.71. The molecule has 4 heteroatoms. The van der Waals surface area contributed by atoms with Crippen molar-refractivity contribution in [2.24, 2.45) is 0 Å². The Morgan fingerprint density at radius 3 is 2.73 bits per heavy atom. The maximum Gasteiger partial charge on any atom is 0.152 e. The second kappa shape index (κ2) is 3.46. The molecule has 0 amide bonds. The number of nitrogens with one attached hydrogen (secondary N) is 1. The quantitative estimate of drug-likeness (QED) is 0.792. The molecule has 0 saturated carbocycles. The summed E-state index contributed by atoms with van der Waals surface area (Å²) in [4.78, 5) is 0. The Balaban J connectivity index is 2.53. The van der Waals surface area contributed by atoms with Crippen LogP contribution in [0.4, 0.5) is 5.82 Å². The third-order valence-corrected chi connectivity index (χ3v) is 2.39. The minimum atomic E-state index is 0.323. The lowest BCUT2D eigenvalue weighted by Gasteiger charge is -2.04. The van der Waals surface area contributed by atoms with Gasteiger partial charge in [-0.05, 0) is 24.5 Å². The number of aromatic nitrogens is 2. The van der Waals surface area contributed by atoms with Crippen molar-refractivity contribution in [1.29, 1.82) is 0 Å². The zero-order chi connectivity index (χ0) is 11.0. The molecular formula is C11H15N3O. The van der Waals surface area contributed by atoms with Crippen LogP contribution in [0.5, 0.6) is 0 Å². The summed E-state index contributed by atoms with van der Waals surface area (Å²) in [5.41, 5.74) is 8.80. The van der Waals surface area contributed by atoms with Gasteiger partial charge in [-0.1, -0.05) is 13.8 Å². The highest BCUT2D eigenvalue weighted by Crippen LogP contribution is 2.32. The maximum absolute atomic E-state index is 5.80. The highest BCUT2D eigenvalue weighted by atomic mass is 16.3. The van der Waals surface area contributed by atoms with Gasteiger partial charge in [-0.15, -0.1) is 0 Å². The van der Waals surface area contributed by atoms with E-state index >= 15 is 0 Å². The second-order valence-corrected chi connectivity index (χ2v) is 4.04. The molecule has 0 aliphatic carbocycles. The molecule has 80 valence electrons. The van der Waals surface area contributed by atoms with Crippen LogP contribution in [0.2, 0.25) is 0 Å². The molecule has 0 unspecified atom stereocenters. The van der Waals surface area contributed by atoms with Crippen molar-refractivity contribution in [3.05, 3.63) is 23.5 Å². The number of aryl methyl sites for hydroxylation is 1. The first-order chi connectivity index (χ1) is 7.09. The topological polar surface area (TPSA) is 67.8 Å². The Labute approximate surface area is 88.5 Å². The van der Waals surface area contributed by atoms with Gasteiger partial charge < -0.3 is 10.2 Å². The number of nitrogens with two attached hydrogens (primary N) is 1. The van der Waals surface area contributed by atoms with E-state index in [0.717, 1.165) is 22.6 Å². The minimum absolute atomic E-state index is 0.323. The molecule has 4 nitrogen and oxygen atoms in total. The largest absolute Gasteiger partial charge is 0.462 e. The van der Waals surface area contributed by atoms with E-state index in [4.69, 9.17) is 10.2 Å². The van der Waals surface area contributed by atoms with Crippen LogP contribution in [0.1, 0.15) is 30.9 Å². The van der Waals surface area contributed by atoms with Crippen LogP contribution in [0.25, 0.3) is 11.5 Å². The summed E-state index contributed by atoms with van der Waals surface area (Å²) < 4.78 is 5.43. The van der Waals surface area contributed by atoms with Gasteiger partial charge in [0.25, 0.3) is 0 Å². The van der Waals surface area contributed by atoms with E-state index in [0.29, 0.717) is 11.7 Å². The van der Waals surface area contributed by atoms with Gasteiger partial charge in [0.2, 0.25) is 0 Å². The van der Waals surface area contributed by atoms with Gasteiger partial charge in [-0.3, -0.25) is 5.10 Å². The van der Waals surface area contributed by atoms with E-state index in [1.54, 1.807) is 6.26 Å². The summed E-state index contributed by atoms with van der Waals surface area (Å²) >= 11 is 0. The molecule has 0 aliphatic heterocycles. The zero-order valence-electron chi connectivity index (χ0n) is 9.16. The summed E-state index contributed by atoms with van der Waals surface area (Å²) in [6, 6.07) is 1.97. The van der Waals surface area contributed by atoms with Crippen molar-refractivity contribution in [1.82, 2.24) is 10.2 Å². The smallest absolute Gasteiger partial charge is 0.152 e. The van der Waals surface area contributed by atoms with Crippen LogP contribution in [0.15, 0.2) is 16.7 Å². The van der Waals surface area contributed by atoms with Crippen LogP contribution >= 0.6 is 0 Å². The Kier molecular flexibility index (Phi) is 2.26. The predicted molar refractivity (Wildman–Crippen MR) is 59.5 cm³/mol. The number of anilines is 1. The molecule has 0 atom stereocenters. The maximum atomic E-state index is 5.80. The van der Waals surface area contributed by atoms with Crippen molar-refractivity contribution >= 4 is 5.82 Å². The number of hydrogen-bond acceptors (Lipinski definition) is 3. The molecule has 2 aromatic heterocycles. The van der Waals surface area contributed by atoms with Crippen LogP contribution in [-0.4, -0.2) is 10.2 Å². The number of furan rings is 1. The fourth-order valence-corrected chi connectivity index (χ4v) is 1.70. The summed E-state index contributed by atoms with van der Waals surface area (Å²) in [5, 5.41) is 6.93. The van der Waals surface area contributed by atoms with E-state index in [1.807, 2.05) is 13.0 Å². The first-order valence-electron chi connectivity index (χ1n) is 4.99. The molecule has 0 radical (unpaired) electrons. The SMILES string of the molecule is Cc1coc(-c2[nH]nc(N)c2C(C)C)c1. The highest BCUT2D eigenvalue weighted by Gasteiger charge is 2.17. The molecule has 15 heavy (non-hydrogen) atoms. The van der Waals surface area contributed by atoms with Crippen LogP contribution in [-0.2, 0) is 0 Å². The average molecular weight is 205 g/mol. The van der Waals surface area contributed by atoms with Gasteiger partial charge in [0.1, 0.15) is 11.5 Å². The summed E-state index contributed by atoms with van der Waals surface area (Å²) in [7, 11) is 0. The molecule has 0 fully saturated rings. The third kappa shape index (κ3) is 1.63. The summed E-state index contributed by atoms with van der Waals surface area (Å²) in [5.74, 6) is 1.67. The molecule has 2 heterocycles. The van der Waals surface area contributed by atoms with Gasteiger partial charge in [0.15, 0.2) is 5.76 Å². The second-order valence-electron chi connectivity index (χ2n) is 4.04. The molecule has 2 aromatic rings. The van der Waals surface area contributed by atoms with Gasteiger partial charge in [-0.25, -0.2) is 0 Å². The van der Waals surface area contributed by atoms with E-state index in [9.17, 15) is 0 Å². The van der Waals surface area contributed by atoms with Crippen LogP contribution < -0.4 is 5.73 Å². The Morgan fingerprint density at radius 2 is 2.20 bits per heavy atom. The Bertz CT molecular complexity index is 468. The lowest BCUT2D eigenvalue weighted by molar-refractivity contribution is 0.576. The standard InChI is InChI=1S/C11H15N3O/c1-6(2)9-10(13-14-11(9)12)8-4-7(3)5-15-8/h4-6H,1-3H3,(H3,12,13,14). The Hall–Kier alpha value is -1.71. The molecule has 3 N–H and O–H groups in total. The first-order valence-corrected chi connectivity index (χ1v) is 4.99. The zero-order valence-corrected chi connectivity index (χ0v) is 9.16. The number of hydrogen-bond donors (Lipinski definition) is 2. The van der Waals surface area contributed by atoms with Gasteiger partial charge in [-0.2, -0.15) is 5.10 Å². The van der Waals surface area contributed by atoms with Crippen molar-refractivity contribution in [3.63, 3.8) is 0 Å². The number of H-pyrrole nitrogens is 1. The van der Waals surface area contributed by atoms with Crippen LogP contribution in [0, 0.1) is 6.92 Å². The molecular weight excluding hydrogens is 190 g/mol. The lowest BCUT2D eigenvalue weighted by atomic mass is 10.0. The molecule has 0 aliphatic rings. The fraction of sp³-hybridized carbons (Fsp3) is 0.364. The monoisotopic (exact) mass is 205 g/mol. The first kappa shape index (κ1) is 9.83. The minimum Gasteiger partial charge on any atom is -0.462 e. The molecule has 0 aromatic carbocycles. The number of rotatable bonds is 2. The molecule has 0 saturated heterocycles. The normalized spacial score (nSPS) is 11.2. The molecule has 2 rings (SSSR count). The lowest BCUT2D eigenvalue weighted by Crippen LogP contribution is -1.94. The van der Waals surface area contributed by atoms with Crippen LogP contribution in [0.3, 0.4) is 0 Å². The number of nitrogen functional groups attached to an aromatic ring is 1. The molecule has 0 spiro atoms. The Morgan fingerprint density at radius 1 is 1.47 bits per heavy atom. The fourth-order valence-electron chi connectivity index (χ4n) is 1.70. The van der Waals surface area contributed by atoms with Crippen molar-refractivity contribution < 1.29 is 4.42 Å². The van der Waals surface area contributed by atoms with Crippen molar-refractivity contribution in [2.45, 2.75) is 26.7 Å². The highest BCUT2D eigenvalue weighted by molar-refractivity contribution is 5.65. The summed E-state index contributed by atoms with van der Waals surface area (Å²) in [6.07, 6.45) is 1.72. The van der Waals surface area contributed by atoms with E-state index in [-0.39, 0.29) is 0 Å². The van der Waals surface area contributed by atoms with Gasteiger partial charge in [0.05, 0.1) is 6.26 Å². The van der Waals surface area contributed by atoms with Crippen molar-refractivity contribution in [2.75, 3.05) is 5.73 Å². The van der Waals surface area contributed by atoms with Crippen molar-refractivity contribution in [3.8, 4) is 11.5 Å². The number of nitrogens with zero attached hydrogens (tertiary/aromatic N) is 1. The van der Waals surface area contributed by atoms with E-state index in [1.165, 1.54) is 0 Å². The van der Waals surface area contributed by atoms with Gasteiger partial charge in [0, 0.05) is 5.56 Å².